The van der Waals surface area contributed by atoms with Crippen LogP contribution in [0, 0.1) is 0 Å². The van der Waals surface area contributed by atoms with Gasteiger partial charge in [-0.2, -0.15) is 0 Å². The highest BCUT2D eigenvalue weighted by Crippen LogP contribution is 2.33. The second-order valence-corrected chi connectivity index (χ2v) is 7.91. The van der Waals surface area contributed by atoms with Gasteiger partial charge in [0.15, 0.2) is 9.04 Å². The summed E-state index contributed by atoms with van der Waals surface area (Å²) in [6.07, 6.45) is 3.65. The van der Waals surface area contributed by atoms with Crippen molar-refractivity contribution in [3.05, 3.63) is 12.7 Å². The van der Waals surface area contributed by atoms with Crippen LogP contribution in [0.5, 0.6) is 0 Å². The molecule has 1 rings (SSSR count). The summed E-state index contributed by atoms with van der Waals surface area (Å²) in [7, 11) is -1.23. The van der Waals surface area contributed by atoms with Crippen molar-refractivity contribution < 1.29 is 14.0 Å². The summed E-state index contributed by atoms with van der Waals surface area (Å²) in [5, 5.41) is 0. The molecule has 0 aromatic carbocycles. The minimum atomic E-state index is -1.23. The number of hydrogen-bond acceptors (Lipinski definition) is 3. The Bertz CT molecular complexity index is 257. The number of rotatable bonds is 4. The van der Waals surface area contributed by atoms with Crippen LogP contribution in [0.15, 0.2) is 12.7 Å². The van der Waals surface area contributed by atoms with Gasteiger partial charge in [-0.25, -0.2) is 4.79 Å². The molecular formula is C12H22O3Si. The number of esters is 1. The fourth-order valence-corrected chi connectivity index (χ4v) is 5.08. The molecule has 1 aliphatic rings. The van der Waals surface area contributed by atoms with E-state index in [1.165, 1.54) is 25.0 Å². The summed E-state index contributed by atoms with van der Waals surface area (Å²) < 4.78 is 11.3. The first-order valence-electron chi connectivity index (χ1n) is 5.94. The van der Waals surface area contributed by atoms with Crippen molar-refractivity contribution in [3.8, 4) is 0 Å². The molecule has 92 valence electrons. The van der Waals surface area contributed by atoms with Crippen molar-refractivity contribution in [2.75, 3.05) is 6.61 Å². The molecule has 16 heavy (non-hydrogen) atoms. The Morgan fingerprint density at radius 1 is 1.56 bits per heavy atom. The lowest BCUT2D eigenvalue weighted by molar-refractivity contribution is -0.150. The summed E-state index contributed by atoms with van der Waals surface area (Å²) in [4.78, 5) is 11.2. The molecule has 0 aromatic heterocycles. The summed E-state index contributed by atoms with van der Waals surface area (Å²) in [5.41, 5.74) is -0.115. The van der Waals surface area contributed by atoms with Gasteiger partial charge in [-0.15, -0.1) is 0 Å². The summed E-state index contributed by atoms with van der Waals surface area (Å²) in [5.74, 6) is -0.346. The molecule has 0 saturated carbocycles. The number of hydrogen-bond donors (Lipinski definition) is 0. The summed E-state index contributed by atoms with van der Waals surface area (Å²) in [6, 6.07) is 1.19. The highest BCUT2D eigenvalue weighted by molar-refractivity contribution is 6.54. The van der Waals surface area contributed by atoms with Crippen LogP contribution in [0.3, 0.4) is 0 Å². The molecule has 0 amide bonds. The minimum Gasteiger partial charge on any atom is -0.456 e. The van der Waals surface area contributed by atoms with E-state index >= 15 is 0 Å². The lowest BCUT2D eigenvalue weighted by Gasteiger charge is -2.37. The van der Waals surface area contributed by atoms with Crippen molar-refractivity contribution in [1.82, 2.24) is 0 Å². The number of ether oxygens (including phenoxy) is 1. The lowest BCUT2D eigenvalue weighted by Crippen LogP contribution is -2.42. The lowest BCUT2D eigenvalue weighted by atomic mass is 10.1. The van der Waals surface area contributed by atoms with E-state index in [0.29, 0.717) is 5.54 Å². The second kappa shape index (κ2) is 5.64. The van der Waals surface area contributed by atoms with E-state index in [4.69, 9.17) is 9.16 Å². The molecule has 0 bridgehead atoms. The maximum Gasteiger partial charge on any atom is 0.330 e. The molecule has 0 radical (unpaired) electrons. The Balaban J connectivity index is 2.58. The zero-order valence-corrected chi connectivity index (χ0v) is 11.6. The van der Waals surface area contributed by atoms with Crippen LogP contribution in [0.4, 0.5) is 0 Å². The van der Waals surface area contributed by atoms with E-state index in [0.717, 1.165) is 6.61 Å². The van der Waals surface area contributed by atoms with Crippen LogP contribution in [0.1, 0.15) is 33.6 Å². The molecule has 1 saturated heterocycles. The number of carbonyl (C=O) groups is 1. The minimum absolute atomic E-state index is 0.330. The van der Waals surface area contributed by atoms with Crippen molar-refractivity contribution in [2.24, 2.45) is 0 Å². The maximum atomic E-state index is 11.2. The van der Waals surface area contributed by atoms with Crippen LogP contribution in [-0.2, 0) is 14.0 Å². The Hall–Kier alpha value is -0.613. The molecule has 1 aliphatic heterocycles. The van der Waals surface area contributed by atoms with Gasteiger partial charge in [0.05, 0.1) is 0 Å². The van der Waals surface area contributed by atoms with Crippen molar-refractivity contribution in [1.29, 1.82) is 0 Å². The highest BCUT2D eigenvalue weighted by Gasteiger charge is 2.37. The van der Waals surface area contributed by atoms with E-state index in [-0.39, 0.29) is 5.97 Å². The molecule has 0 N–H and O–H groups in total. The van der Waals surface area contributed by atoms with Crippen LogP contribution >= 0.6 is 0 Å². The van der Waals surface area contributed by atoms with Crippen molar-refractivity contribution in [3.63, 3.8) is 0 Å². The smallest absolute Gasteiger partial charge is 0.330 e. The third-order valence-corrected chi connectivity index (χ3v) is 6.96. The Kier molecular flexibility index (Phi) is 4.74. The molecule has 1 heterocycles. The van der Waals surface area contributed by atoms with E-state index in [2.05, 4.69) is 13.5 Å². The zero-order chi connectivity index (χ0) is 12.2. The first-order valence-corrected chi connectivity index (χ1v) is 7.90. The Labute approximate surface area is 99.5 Å². The molecule has 2 unspecified atom stereocenters. The van der Waals surface area contributed by atoms with E-state index in [9.17, 15) is 4.79 Å². The van der Waals surface area contributed by atoms with E-state index < -0.39 is 14.6 Å². The van der Waals surface area contributed by atoms with Gasteiger partial charge < -0.3 is 9.16 Å². The standard InChI is InChI=1S/C12H22O3Si/c1-5-11(13)15-12(3,4)10(2)16-9-7-6-8-14-16/h5,10,16H,1,6-9H2,2-4H3. The van der Waals surface area contributed by atoms with Gasteiger partial charge >= 0.3 is 5.97 Å². The average molecular weight is 242 g/mol. The third kappa shape index (κ3) is 3.45. The summed E-state index contributed by atoms with van der Waals surface area (Å²) in [6.45, 7) is 10.4. The van der Waals surface area contributed by atoms with Gasteiger partial charge in [-0.05, 0) is 26.3 Å². The molecule has 2 atom stereocenters. The molecule has 0 aromatic rings. The van der Waals surface area contributed by atoms with E-state index in [1.54, 1.807) is 0 Å². The Morgan fingerprint density at radius 3 is 2.75 bits per heavy atom. The van der Waals surface area contributed by atoms with Gasteiger partial charge in [0.1, 0.15) is 5.60 Å². The van der Waals surface area contributed by atoms with Crippen LogP contribution in [0.2, 0.25) is 11.6 Å². The highest BCUT2D eigenvalue weighted by atomic mass is 28.3. The van der Waals surface area contributed by atoms with Crippen molar-refractivity contribution >= 4 is 15.0 Å². The molecule has 0 spiro atoms. The van der Waals surface area contributed by atoms with Crippen LogP contribution < -0.4 is 0 Å². The molecule has 0 aliphatic carbocycles. The van der Waals surface area contributed by atoms with Gasteiger partial charge in [0, 0.05) is 18.2 Å². The third-order valence-electron chi connectivity index (χ3n) is 3.40. The molecule has 1 fully saturated rings. The fraction of sp³-hybridized carbons (Fsp3) is 0.750. The van der Waals surface area contributed by atoms with Gasteiger partial charge in [-0.3, -0.25) is 0 Å². The topological polar surface area (TPSA) is 35.5 Å². The van der Waals surface area contributed by atoms with Crippen LogP contribution in [0.25, 0.3) is 0 Å². The van der Waals surface area contributed by atoms with Gasteiger partial charge in [-0.1, -0.05) is 19.9 Å². The average Bonchev–Trinajstić information content (AvgIpc) is 2.28. The first-order chi connectivity index (χ1) is 7.47. The molecule has 4 heteroatoms. The fourth-order valence-electron chi connectivity index (χ4n) is 2.00. The zero-order valence-electron chi connectivity index (χ0n) is 10.5. The first kappa shape index (κ1) is 13.5. The molecular weight excluding hydrogens is 220 g/mol. The van der Waals surface area contributed by atoms with Gasteiger partial charge in [0.25, 0.3) is 0 Å². The molecule has 3 nitrogen and oxygen atoms in total. The van der Waals surface area contributed by atoms with Gasteiger partial charge in [0.2, 0.25) is 0 Å². The second-order valence-electron chi connectivity index (χ2n) is 4.92. The quantitative estimate of drug-likeness (QED) is 0.431. The Morgan fingerprint density at radius 2 is 2.25 bits per heavy atom. The maximum absolute atomic E-state index is 11.2. The normalized spacial score (nSPS) is 23.6. The largest absolute Gasteiger partial charge is 0.456 e. The van der Waals surface area contributed by atoms with E-state index in [1.807, 2.05) is 13.8 Å². The SMILES string of the molecule is C=CC(=O)OC(C)(C)C(C)[SiH]1CCCCO1. The monoisotopic (exact) mass is 242 g/mol. The number of carbonyl (C=O) groups excluding carboxylic acids is 1. The predicted octanol–water partition coefficient (Wildman–Crippen LogP) is 2.42. The van der Waals surface area contributed by atoms with Crippen LogP contribution in [-0.4, -0.2) is 27.2 Å². The van der Waals surface area contributed by atoms with Crippen molar-refractivity contribution in [2.45, 2.75) is 50.8 Å². The predicted molar refractivity (Wildman–Crippen MR) is 66.9 cm³/mol. The summed E-state index contributed by atoms with van der Waals surface area (Å²) >= 11 is 0.